The monoisotopic (exact) mass is 278 g/mol. The number of hydrogen-bond donors (Lipinski definition) is 2. The number of carbonyl (C=O) groups is 1. The summed E-state index contributed by atoms with van der Waals surface area (Å²) >= 11 is 0. The lowest BCUT2D eigenvalue weighted by Crippen LogP contribution is -2.33. The number of aliphatic hydroxyl groups excluding tert-OH is 1. The number of aliphatic hydroxyl groups is 1. The van der Waals surface area contributed by atoms with Gasteiger partial charge in [0.25, 0.3) is 5.91 Å². The van der Waals surface area contributed by atoms with E-state index in [1.807, 2.05) is 18.7 Å². The molecule has 1 aliphatic carbocycles. The van der Waals surface area contributed by atoms with Gasteiger partial charge in [0.15, 0.2) is 6.10 Å². The minimum atomic E-state index is -1.26. The van der Waals surface area contributed by atoms with Crippen molar-refractivity contribution in [2.75, 3.05) is 16.8 Å². The zero-order chi connectivity index (χ0) is 14.4. The second-order valence-electron chi connectivity index (χ2n) is 5.97. The average molecular weight is 278 g/mol. The lowest BCUT2D eigenvalue weighted by molar-refractivity contribution is -0.123. The molecular weight excluding hydrogens is 259 g/mol. The molecule has 1 atom stereocenters. The Bertz CT molecular complexity index is 555. The van der Waals surface area contributed by atoms with Gasteiger partial charge in [-0.2, -0.15) is 0 Å². The number of nitrogens with one attached hydrogen (secondary N) is 1. The Morgan fingerprint density at radius 3 is 2.75 bits per heavy atom. The highest BCUT2D eigenvalue weighted by Gasteiger charge is 2.32. The molecular formula is C15H19FN2O2. The van der Waals surface area contributed by atoms with Crippen LogP contribution in [0.15, 0.2) is 12.1 Å². The van der Waals surface area contributed by atoms with Gasteiger partial charge in [0.2, 0.25) is 0 Å². The number of rotatable bonds is 4. The van der Waals surface area contributed by atoms with E-state index in [9.17, 15) is 14.3 Å². The maximum Gasteiger partial charge on any atom is 0.257 e. The molecule has 2 aliphatic rings. The van der Waals surface area contributed by atoms with Crippen LogP contribution < -0.4 is 10.2 Å². The topological polar surface area (TPSA) is 52.6 Å². The van der Waals surface area contributed by atoms with Crippen LogP contribution in [0.3, 0.4) is 0 Å². The van der Waals surface area contributed by atoms with Gasteiger partial charge in [0.05, 0.1) is 5.69 Å². The number of anilines is 2. The Kier molecular flexibility index (Phi) is 3.17. The Hall–Kier alpha value is -1.62. The lowest BCUT2D eigenvalue weighted by atomic mass is 10.1. The Morgan fingerprint density at radius 2 is 2.15 bits per heavy atom. The maximum absolute atomic E-state index is 14.3. The Morgan fingerprint density at radius 1 is 1.45 bits per heavy atom. The Labute approximate surface area is 117 Å². The number of hydrogen-bond acceptors (Lipinski definition) is 3. The van der Waals surface area contributed by atoms with Gasteiger partial charge in [-0.15, -0.1) is 0 Å². The third-order valence-electron chi connectivity index (χ3n) is 4.00. The van der Waals surface area contributed by atoms with Gasteiger partial charge in [-0.1, -0.05) is 0 Å². The second-order valence-corrected chi connectivity index (χ2v) is 5.97. The molecule has 1 aromatic rings. The van der Waals surface area contributed by atoms with Crippen molar-refractivity contribution >= 4 is 17.3 Å². The summed E-state index contributed by atoms with van der Waals surface area (Å²) < 4.78 is 14.3. The van der Waals surface area contributed by atoms with Gasteiger partial charge in [0.1, 0.15) is 5.82 Å². The van der Waals surface area contributed by atoms with E-state index in [0.717, 1.165) is 6.54 Å². The van der Waals surface area contributed by atoms with Gasteiger partial charge >= 0.3 is 0 Å². The molecule has 0 bridgehead atoms. The number of amides is 1. The zero-order valence-electron chi connectivity index (χ0n) is 11.7. The van der Waals surface area contributed by atoms with Gasteiger partial charge < -0.3 is 15.3 Å². The summed E-state index contributed by atoms with van der Waals surface area (Å²) in [5.74, 6) is -0.228. The van der Waals surface area contributed by atoms with Crippen LogP contribution in [0, 0.1) is 11.7 Å². The number of fused-ring (bicyclic) bond motifs is 1. The van der Waals surface area contributed by atoms with Crippen LogP contribution >= 0.6 is 0 Å². The second kappa shape index (κ2) is 4.74. The first-order valence-electron chi connectivity index (χ1n) is 7.06. The highest BCUT2D eigenvalue weighted by Crippen LogP contribution is 2.38. The van der Waals surface area contributed by atoms with E-state index < -0.39 is 12.0 Å². The molecule has 20 heavy (non-hydrogen) atoms. The van der Waals surface area contributed by atoms with E-state index in [4.69, 9.17) is 0 Å². The predicted octanol–water partition coefficient (Wildman–Crippen LogP) is 2.44. The van der Waals surface area contributed by atoms with E-state index in [1.54, 1.807) is 6.07 Å². The largest absolute Gasteiger partial charge is 0.378 e. The summed E-state index contributed by atoms with van der Waals surface area (Å²) in [4.78, 5) is 13.5. The van der Waals surface area contributed by atoms with Crippen LogP contribution in [0.4, 0.5) is 15.8 Å². The Balaban J connectivity index is 1.96. The van der Waals surface area contributed by atoms with Crippen LogP contribution in [0.5, 0.6) is 0 Å². The van der Waals surface area contributed by atoms with Crippen LogP contribution in [-0.4, -0.2) is 23.6 Å². The van der Waals surface area contributed by atoms with E-state index in [1.165, 1.54) is 18.9 Å². The summed E-state index contributed by atoms with van der Waals surface area (Å²) in [6.07, 6.45) is 1.14. The summed E-state index contributed by atoms with van der Waals surface area (Å²) in [5, 5.41) is 12.3. The molecule has 108 valence electrons. The molecule has 0 radical (unpaired) electrons. The van der Waals surface area contributed by atoms with Crippen molar-refractivity contribution in [2.45, 2.75) is 38.8 Å². The minimum absolute atomic E-state index is 0.185. The van der Waals surface area contributed by atoms with Crippen LogP contribution in [0.2, 0.25) is 0 Å². The normalized spacial score (nSPS) is 21.1. The van der Waals surface area contributed by atoms with Crippen molar-refractivity contribution in [3.05, 3.63) is 23.5 Å². The van der Waals surface area contributed by atoms with Crippen molar-refractivity contribution in [1.29, 1.82) is 0 Å². The SMILES string of the molecule is CC(C)N(CC1CC1)c1cc2c(cc1F)C(O)C(=O)N2. The molecule has 1 aliphatic heterocycles. The van der Waals surface area contributed by atoms with Crippen LogP contribution in [0.1, 0.15) is 38.4 Å². The molecule has 0 spiro atoms. The van der Waals surface area contributed by atoms with Gasteiger partial charge in [-0.25, -0.2) is 4.39 Å². The fourth-order valence-electron chi connectivity index (χ4n) is 2.64. The smallest absolute Gasteiger partial charge is 0.257 e. The third-order valence-corrected chi connectivity index (χ3v) is 4.00. The molecule has 1 aromatic carbocycles. The fraction of sp³-hybridized carbons (Fsp3) is 0.533. The minimum Gasteiger partial charge on any atom is -0.378 e. The summed E-state index contributed by atoms with van der Waals surface area (Å²) in [5.41, 5.74) is 1.34. The zero-order valence-corrected chi connectivity index (χ0v) is 11.7. The highest BCUT2D eigenvalue weighted by molar-refractivity contribution is 6.02. The van der Waals surface area contributed by atoms with Crippen molar-refractivity contribution < 1.29 is 14.3 Å². The lowest BCUT2D eigenvalue weighted by Gasteiger charge is -2.30. The number of nitrogens with zero attached hydrogens (tertiary/aromatic N) is 1. The summed E-state index contributed by atoms with van der Waals surface area (Å²) in [6, 6.07) is 3.10. The predicted molar refractivity (Wildman–Crippen MR) is 75.2 cm³/mol. The molecule has 1 unspecified atom stereocenters. The first-order valence-corrected chi connectivity index (χ1v) is 7.06. The quantitative estimate of drug-likeness (QED) is 0.889. The van der Waals surface area contributed by atoms with E-state index in [0.29, 0.717) is 22.9 Å². The molecule has 2 N–H and O–H groups in total. The van der Waals surface area contributed by atoms with Gasteiger partial charge in [0, 0.05) is 23.8 Å². The number of carbonyl (C=O) groups excluding carboxylic acids is 1. The first-order chi connectivity index (χ1) is 9.47. The maximum atomic E-state index is 14.3. The van der Waals surface area contributed by atoms with Crippen LogP contribution in [-0.2, 0) is 4.79 Å². The molecule has 0 aromatic heterocycles. The standard InChI is InChI=1S/C15H19FN2O2/c1-8(2)18(7-9-3-4-9)13-6-12-10(5-11(13)16)14(19)15(20)17-12/h5-6,8-9,14,19H,3-4,7H2,1-2H3,(H,17,20). The molecule has 5 heteroatoms. The van der Waals surface area contributed by atoms with Crippen molar-refractivity contribution in [3.63, 3.8) is 0 Å². The van der Waals surface area contributed by atoms with E-state index in [2.05, 4.69) is 5.32 Å². The van der Waals surface area contributed by atoms with Crippen LogP contribution in [0.25, 0.3) is 0 Å². The van der Waals surface area contributed by atoms with Crippen molar-refractivity contribution in [3.8, 4) is 0 Å². The van der Waals surface area contributed by atoms with Gasteiger partial charge in [-0.05, 0) is 44.7 Å². The molecule has 1 saturated carbocycles. The molecule has 1 amide bonds. The fourth-order valence-corrected chi connectivity index (χ4v) is 2.64. The van der Waals surface area contributed by atoms with E-state index in [-0.39, 0.29) is 11.9 Å². The average Bonchev–Trinajstić information content (AvgIpc) is 3.16. The molecule has 0 saturated heterocycles. The van der Waals surface area contributed by atoms with E-state index >= 15 is 0 Å². The highest BCUT2D eigenvalue weighted by atomic mass is 19.1. The first kappa shape index (κ1) is 13.4. The summed E-state index contributed by atoms with van der Waals surface area (Å²) in [6.45, 7) is 4.90. The van der Waals surface area contributed by atoms with Crippen molar-refractivity contribution in [2.24, 2.45) is 5.92 Å². The third kappa shape index (κ3) is 2.26. The van der Waals surface area contributed by atoms with Gasteiger partial charge in [-0.3, -0.25) is 4.79 Å². The molecule has 3 rings (SSSR count). The molecule has 1 fully saturated rings. The number of halogens is 1. The molecule has 4 nitrogen and oxygen atoms in total. The van der Waals surface area contributed by atoms with Crippen molar-refractivity contribution in [1.82, 2.24) is 0 Å². The number of benzene rings is 1. The summed E-state index contributed by atoms with van der Waals surface area (Å²) in [7, 11) is 0. The molecule has 1 heterocycles.